The number of rotatable bonds is 6. The van der Waals surface area contributed by atoms with Crippen LogP contribution in [-0.4, -0.2) is 17.4 Å². The predicted octanol–water partition coefficient (Wildman–Crippen LogP) is 2.42. The molecule has 0 saturated heterocycles. The molecule has 0 radical (unpaired) electrons. The van der Waals surface area contributed by atoms with Crippen molar-refractivity contribution < 1.29 is 9.72 Å². The number of hydrogen-bond donors (Lipinski definition) is 1. The van der Waals surface area contributed by atoms with E-state index in [2.05, 4.69) is 5.32 Å². The Hall–Kier alpha value is -2.68. The molecule has 0 aromatic heterocycles. The van der Waals surface area contributed by atoms with Crippen LogP contribution in [0.1, 0.15) is 25.3 Å². The first-order valence-electron chi connectivity index (χ1n) is 6.23. The second-order valence-corrected chi connectivity index (χ2v) is 4.13. The first-order valence-corrected chi connectivity index (χ1v) is 6.23. The van der Waals surface area contributed by atoms with Crippen molar-refractivity contribution >= 4 is 17.7 Å². The van der Waals surface area contributed by atoms with Crippen LogP contribution in [0, 0.1) is 21.4 Å². The number of amides is 1. The molecular formula is C14H15N3O3. The smallest absolute Gasteiger partial charge is 0.269 e. The second kappa shape index (κ2) is 7.69. The SMILES string of the molecule is CCCCNC(=O)C(C#N)=Cc1ccc([N+](=O)[O-])cc1. The number of nitro groups is 1. The van der Waals surface area contributed by atoms with Gasteiger partial charge in [-0.1, -0.05) is 13.3 Å². The average Bonchev–Trinajstić information content (AvgIpc) is 2.45. The minimum Gasteiger partial charge on any atom is -0.351 e. The van der Waals surface area contributed by atoms with E-state index in [9.17, 15) is 14.9 Å². The molecule has 0 spiro atoms. The highest BCUT2D eigenvalue weighted by Gasteiger charge is 2.09. The van der Waals surface area contributed by atoms with Crippen LogP contribution < -0.4 is 5.32 Å². The third kappa shape index (κ3) is 4.53. The molecule has 104 valence electrons. The van der Waals surface area contributed by atoms with Gasteiger partial charge in [-0.05, 0) is 30.2 Å². The van der Waals surface area contributed by atoms with Gasteiger partial charge in [0.2, 0.25) is 0 Å². The van der Waals surface area contributed by atoms with E-state index in [1.54, 1.807) is 0 Å². The van der Waals surface area contributed by atoms with Crippen LogP contribution in [-0.2, 0) is 4.79 Å². The van der Waals surface area contributed by atoms with Crippen LogP contribution in [0.2, 0.25) is 0 Å². The van der Waals surface area contributed by atoms with E-state index >= 15 is 0 Å². The van der Waals surface area contributed by atoms with Crippen LogP contribution in [0.25, 0.3) is 6.08 Å². The Morgan fingerprint density at radius 2 is 2.10 bits per heavy atom. The number of benzene rings is 1. The van der Waals surface area contributed by atoms with Gasteiger partial charge in [-0.25, -0.2) is 0 Å². The summed E-state index contributed by atoms with van der Waals surface area (Å²) in [5.74, 6) is -0.431. The van der Waals surface area contributed by atoms with Crippen LogP contribution in [0.3, 0.4) is 0 Å². The summed E-state index contributed by atoms with van der Waals surface area (Å²) < 4.78 is 0. The minimum absolute atomic E-state index is 0.0186. The van der Waals surface area contributed by atoms with E-state index in [-0.39, 0.29) is 11.3 Å². The summed E-state index contributed by atoms with van der Waals surface area (Å²) in [7, 11) is 0. The summed E-state index contributed by atoms with van der Waals surface area (Å²) >= 11 is 0. The zero-order valence-electron chi connectivity index (χ0n) is 11.1. The molecule has 1 amide bonds. The molecule has 6 heteroatoms. The highest BCUT2D eigenvalue weighted by molar-refractivity contribution is 6.01. The molecule has 1 aromatic carbocycles. The fourth-order valence-corrected chi connectivity index (χ4v) is 1.48. The van der Waals surface area contributed by atoms with Gasteiger partial charge in [0, 0.05) is 18.7 Å². The van der Waals surface area contributed by atoms with Gasteiger partial charge in [-0.3, -0.25) is 14.9 Å². The predicted molar refractivity (Wildman–Crippen MR) is 74.6 cm³/mol. The molecule has 1 N–H and O–H groups in total. The Morgan fingerprint density at radius 3 is 2.60 bits per heavy atom. The van der Waals surface area contributed by atoms with Crippen LogP contribution >= 0.6 is 0 Å². The van der Waals surface area contributed by atoms with Crippen molar-refractivity contribution in [1.82, 2.24) is 5.32 Å². The zero-order valence-corrected chi connectivity index (χ0v) is 11.1. The molecular weight excluding hydrogens is 258 g/mol. The molecule has 0 bridgehead atoms. The van der Waals surface area contributed by atoms with Crippen molar-refractivity contribution in [2.45, 2.75) is 19.8 Å². The van der Waals surface area contributed by atoms with Gasteiger partial charge in [0.15, 0.2) is 0 Å². The number of nitrogens with zero attached hydrogens (tertiary/aromatic N) is 2. The Labute approximate surface area is 116 Å². The molecule has 0 aliphatic heterocycles. The van der Waals surface area contributed by atoms with Gasteiger partial charge in [0.1, 0.15) is 11.6 Å². The summed E-state index contributed by atoms with van der Waals surface area (Å²) in [6.45, 7) is 2.53. The van der Waals surface area contributed by atoms with E-state index in [0.717, 1.165) is 12.8 Å². The van der Waals surface area contributed by atoms with Crippen molar-refractivity contribution in [2.24, 2.45) is 0 Å². The van der Waals surface area contributed by atoms with Crippen molar-refractivity contribution in [3.63, 3.8) is 0 Å². The number of carbonyl (C=O) groups excluding carboxylic acids is 1. The monoisotopic (exact) mass is 273 g/mol. The number of nitriles is 1. The Morgan fingerprint density at radius 1 is 1.45 bits per heavy atom. The normalized spacial score (nSPS) is 10.7. The number of nitro benzene ring substituents is 1. The van der Waals surface area contributed by atoms with Crippen LogP contribution in [0.5, 0.6) is 0 Å². The topological polar surface area (TPSA) is 96.0 Å². The van der Waals surface area contributed by atoms with Crippen molar-refractivity contribution in [3.8, 4) is 6.07 Å². The van der Waals surface area contributed by atoms with E-state index in [1.165, 1.54) is 30.3 Å². The number of unbranched alkanes of at least 4 members (excludes halogenated alkanes) is 1. The van der Waals surface area contributed by atoms with Crippen molar-refractivity contribution in [1.29, 1.82) is 5.26 Å². The molecule has 1 rings (SSSR count). The minimum atomic E-state index is -0.504. The zero-order chi connectivity index (χ0) is 15.0. The Bertz CT molecular complexity index is 556. The molecule has 0 unspecified atom stereocenters. The van der Waals surface area contributed by atoms with E-state index in [0.29, 0.717) is 12.1 Å². The number of hydrogen-bond acceptors (Lipinski definition) is 4. The largest absolute Gasteiger partial charge is 0.351 e. The third-order valence-electron chi connectivity index (χ3n) is 2.60. The molecule has 0 aliphatic carbocycles. The number of carbonyl (C=O) groups is 1. The maximum absolute atomic E-state index is 11.7. The lowest BCUT2D eigenvalue weighted by atomic mass is 10.1. The van der Waals surface area contributed by atoms with E-state index in [4.69, 9.17) is 5.26 Å². The maximum Gasteiger partial charge on any atom is 0.269 e. The molecule has 0 fully saturated rings. The molecule has 20 heavy (non-hydrogen) atoms. The van der Waals surface area contributed by atoms with Gasteiger partial charge < -0.3 is 5.32 Å². The Kier molecular flexibility index (Phi) is 5.91. The average molecular weight is 273 g/mol. The van der Waals surface area contributed by atoms with Gasteiger partial charge in [0.05, 0.1) is 4.92 Å². The first-order chi connectivity index (χ1) is 9.58. The Balaban J connectivity index is 2.81. The highest BCUT2D eigenvalue weighted by atomic mass is 16.6. The molecule has 0 heterocycles. The quantitative estimate of drug-likeness (QED) is 0.283. The maximum atomic E-state index is 11.7. The summed E-state index contributed by atoms with van der Waals surface area (Å²) in [6.07, 6.45) is 3.21. The molecule has 0 atom stereocenters. The van der Waals surface area contributed by atoms with Gasteiger partial charge in [-0.15, -0.1) is 0 Å². The summed E-state index contributed by atoms with van der Waals surface area (Å²) in [4.78, 5) is 21.7. The van der Waals surface area contributed by atoms with Crippen molar-refractivity contribution in [3.05, 3.63) is 45.5 Å². The van der Waals surface area contributed by atoms with Gasteiger partial charge in [0.25, 0.3) is 11.6 Å². The van der Waals surface area contributed by atoms with Crippen LogP contribution in [0.15, 0.2) is 29.8 Å². The molecule has 6 nitrogen and oxygen atoms in total. The number of nitrogens with one attached hydrogen (secondary N) is 1. The second-order valence-electron chi connectivity index (χ2n) is 4.13. The molecule has 0 saturated carbocycles. The number of non-ortho nitro benzene ring substituents is 1. The molecule has 0 aliphatic rings. The summed E-state index contributed by atoms with van der Waals surface area (Å²) in [6, 6.07) is 7.48. The fourth-order valence-electron chi connectivity index (χ4n) is 1.48. The summed E-state index contributed by atoms with van der Waals surface area (Å²) in [5.41, 5.74) is 0.515. The lowest BCUT2D eigenvalue weighted by Gasteiger charge is -2.02. The van der Waals surface area contributed by atoms with E-state index in [1.807, 2.05) is 13.0 Å². The summed E-state index contributed by atoms with van der Waals surface area (Å²) in [5, 5.41) is 22.1. The lowest BCUT2D eigenvalue weighted by Crippen LogP contribution is -2.25. The fraction of sp³-hybridized carbons (Fsp3) is 0.286. The third-order valence-corrected chi connectivity index (χ3v) is 2.60. The van der Waals surface area contributed by atoms with Gasteiger partial charge >= 0.3 is 0 Å². The first kappa shape index (κ1) is 15.4. The van der Waals surface area contributed by atoms with E-state index < -0.39 is 10.8 Å². The van der Waals surface area contributed by atoms with Gasteiger partial charge in [-0.2, -0.15) is 5.26 Å². The van der Waals surface area contributed by atoms with Crippen LogP contribution in [0.4, 0.5) is 5.69 Å². The highest BCUT2D eigenvalue weighted by Crippen LogP contribution is 2.14. The lowest BCUT2D eigenvalue weighted by molar-refractivity contribution is -0.384. The standard InChI is InChI=1S/C14H15N3O3/c1-2-3-8-16-14(18)12(10-15)9-11-4-6-13(7-5-11)17(19)20/h4-7,9H,2-3,8H2,1H3,(H,16,18). The van der Waals surface area contributed by atoms with Crippen molar-refractivity contribution in [2.75, 3.05) is 6.54 Å². The molecule has 1 aromatic rings.